The number of rotatable bonds is 4. The van der Waals surface area contributed by atoms with Gasteiger partial charge in [-0.25, -0.2) is 0 Å². The van der Waals surface area contributed by atoms with Crippen LogP contribution in [0.15, 0.2) is 44.7 Å². The van der Waals surface area contributed by atoms with E-state index in [1.807, 2.05) is 12.1 Å². The zero-order valence-electron chi connectivity index (χ0n) is 9.20. The van der Waals surface area contributed by atoms with Crippen LogP contribution >= 0.6 is 43.2 Å². The smallest absolute Gasteiger partial charge is 0.0701 e. The third-order valence-electron chi connectivity index (χ3n) is 2.48. The number of hydrogen-bond acceptors (Lipinski definition) is 2. The van der Waals surface area contributed by atoms with Crippen molar-refractivity contribution in [1.82, 2.24) is 0 Å². The highest BCUT2D eigenvalue weighted by Gasteiger charge is 2.07. The molecule has 0 saturated heterocycles. The Hall–Kier alpha value is -0.160. The molecule has 0 bridgehead atoms. The van der Waals surface area contributed by atoms with E-state index in [4.69, 9.17) is 5.73 Å². The second kappa shape index (κ2) is 6.14. The molecule has 0 fully saturated rings. The maximum atomic E-state index is 6.17. The summed E-state index contributed by atoms with van der Waals surface area (Å²) in [5, 5.41) is 0. The van der Waals surface area contributed by atoms with Crippen molar-refractivity contribution in [1.29, 1.82) is 0 Å². The molecule has 1 nitrogen and oxygen atoms in total. The molecule has 0 amide bonds. The van der Waals surface area contributed by atoms with Crippen molar-refractivity contribution in [2.45, 2.75) is 18.9 Å². The summed E-state index contributed by atoms with van der Waals surface area (Å²) in [6.45, 7) is 0. The van der Waals surface area contributed by atoms with Crippen molar-refractivity contribution < 1.29 is 0 Å². The van der Waals surface area contributed by atoms with Crippen molar-refractivity contribution in [2.24, 2.45) is 5.73 Å². The fourth-order valence-electron chi connectivity index (χ4n) is 1.76. The summed E-state index contributed by atoms with van der Waals surface area (Å²) in [7, 11) is 0. The van der Waals surface area contributed by atoms with Gasteiger partial charge in [-0.1, -0.05) is 28.1 Å². The summed E-state index contributed by atoms with van der Waals surface area (Å²) in [6, 6.07) is 12.7. The lowest BCUT2D eigenvalue weighted by Gasteiger charge is -2.10. The normalized spacial score (nSPS) is 12.6. The van der Waals surface area contributed by atoms with Crippen LogP contribution in [-0.4, -0.2) is 6.04 Å². The molecule has 1 unspecified atom stereocenters. The molecular formula is C13H13Br2NS. The van der Waals surface area contributed by atoms with Gasteiger partial charge in [-0.2, -0.15) is 0 Å². The first kappa shape index (κ1) is 13.3. The fraction of sp³-hybridized carbons (Fsp3) is 0.231. The number of nitrogens with two attached hydrogens (primary N) is 1. The summed E-state index contributed by atoms with van der Waals surface area (Å²) >= 11 is 8.70. The van der Waals surface area contributed by atoms with Crippen LogP contribution < -0.4 is 5.73 Å². The van der Waals surface area contributed by atoms with Gasteiger partial charge in [0.25, 0.3) is 0 Å². The molecule has 17 heavy (non-hydrogen) atoms. The van der Waals surface area contributed by atoms with Gasteiger partial charge >= 0.3 is 0 Å². The van der Waals surface area contributed by atoms with Gasteiger partial charge in [0.15, 0.2) is 0 Å². The largest absolute Gasteiger partial charge is 0.327 e. The minimum Gasteiger partial charge on any atom is -0.327 e. The lowest BCUT2D eigenvalue weighted by molar-refractivity contribution is 0.670. The molecule has 1 aromatic carbocycles. The Morgan fingerprint density at radius 3 is 2.59 bits per heavy atom. The van der Waals surface area contributed by atoms with Gasteiger partial charge in [-0.15, -0.1) is 11.3 Å². The highest BCUT2D eigenvalue weighted by Crippen LogP contribution is 2.23. The predicted octanol–water partition coefficient (Wildman–Crippen LogP) is 4.39. The maximum Gasteiger partial charge on any atom is 0.0701 e. The lowest BCUT2D eigenvalue weighted by Crippen LogP contribution is -2.25. The van der Waals surface area contributed by atoms with E-state index < -0.39 is 0 Å². The Kier molecular flexibility index (Phi) is 4.79. The van der Waals surface area contributed by atoms with E-state index >= 15 is 0 Å². The van der Waals surface area contributed by atoms with Gasteiger partial charge in [0.1, 0.15) is 0 Å². The molecule has 90 valence electrons. The van der Waals surface area contributed by atoms with Crippen LogP contribution in [0.3, 0.4) is 0 Å². The molecule has 0 radical (unpaired) electrons. The molecule has 2 N–H and O–H groups in total. The van der Waals surface area contributed by atoms with Gasteiger partial charge in [-0.3, -0.25) is 0 Å². The van der Waals surface area contributed by atoms with E-state index in [0.29, 0.717) is 0 Å². The van der Waals surface area contributed by atoms with Gasteiger partial charge in [0, 0.05) is 15.4 Å². The minimum atomic E-state index is 0.176. The molecule has 0 aliphatic rings. The van der Waals surface area contributed by atoms with Crippen molar-refractivity contribution in [3.63, 3.8) is 0 Å². The van der Waals surface area contributed by atoms with Crippen LogP contribution in [0.1, 0.15) is 10.4 Å². The van der Waals surface area contributed by atoms with Crippen molar-refractivity contribution >= 4 is 43.2 Å². The van der Waals surface area contributed by atoms with Crippen molar-refractivity contribution in [3.8, 4) is 0 Å². The third-order valence-corrected chi connectivity index (χ3v) is 4.62. The molecule has 1 heterocycles. The summed E-state index contributed by atoms with van der Waals surface area (Å²) in [5.74, 6) is 0. The second-order valence-electron chi connectivity index (χ2n) is 4.00. The summed E-state index contributed by atoms with van der Waals surface area (Å²) < 4.78 is 2.28. The first-order valence-electron chi connectivity index (χ1n) is 5.38. The average Bonchev–Trinajstić information content (AvgIpc) is 2.63. The standard InChI is InChI=1S/C13H13Br2NS/c14-10-3-1-2-9(6-10)7-11(16)8-12-4-5-13(15)17-12/h1-6,11H,7-8,16H2. The van der Waals surface area contributed by atoms with E-state index in [1.165, 1.54) is 14.2 Å². The Balaban J connectivity index is 1.95. The predicted molar refractivity (Wildman–Crippen MR) is 81.5 cm³/mol. The topological polar surface area (TPSA) is 26.0 Å². The van der Waals surface area contributed by atoms with Gasteiger partial charge in [0.2, 0.25) is 0 Å². The number of benzene rings is 1. The number of thiophene rings is 1. The molecule has 0 spiro atoms. The van der Waals surface area contributed by atoms with E-state index in [2.05, 4.69) is 56.1 Å². The molecule has 4 heteroatoms. The molecule has 0 aliphatic carbocycles. The number of halogens is 2. The quantitative estimate of drug-likeness (QED) is 0.843. The van der Waals surface area contributed by atoms with Gasteiger partial charge in [0.05, 0.1) is 3.79 Å². The molecular weight excluding hydrogens is 362 g/mol. The summed E-state index contributed by atoms with van der Waals surface area (Å²) in [4.78, 5) is 1.33. The van der Waals surface area contributed by atoms with Crippen LogP contribution in [0.4, 0.5) is 0 Å². The molecule has 1 aromatic heterocycles. The number of hydrogen-bond donors (Lipinski definition) is 1. The molecule has 2 rings (SSSR count). The Morgan fingerprint density at radius 1 is 1.12 bits per heavy atom. The zero-order chi connectivity index (χ0) is 12.3. The summed E-state index contributed by atoms with van der Waals surface area (Å²) in [5.41, 5.74) is 7.45. The molecule has 1 atom stereocenters. The molecule has 0 aliphatic heterocycles. The van der Waals surface area contributed by atoms with E-state index in [1.54, 1.807) is 11.3 Å². The van der Waals surface area contributed by atoms with Gasteiger partial charge < -0.3 is 5.73 Å². The van der Waals surface area contributed by atoms with Crippen molar-refractivity contribution in [2.75, 3.05) is 0 Å². The van der Waals surface area contributed by atoms with E-state index in [9.17, 15) is 0 Å². The monoisotopic (exact) mass is 373 g/mol. The van der Waals surface area contributed by atoms with E-state index in [0.717, 1.165) is 17.3 Å². The zero-order valence-corrected chi connectivity index (χ0v) is 13.2. The third kappa shape index (κ3) is 4.21. The molecule has 0 saturated carbocycles. The first-order chi connectivity index (χ1) is 8.13. The SMILES string of the molecule is NC(Cc1cccc(Br)c1)Cc1ccc(Br)s1. The highest BCUT2D eigenvalue weighted by molar-refractivity contribution is 9.11. The fourth-order valence-corrected chi connectivity index (χ4v) is 3.78. The van der Waals surface area contributed by atoms with Crippen molar-refractivity contribution in [3.05, 3.63) is 55.1 Å². The van der Waals surface area contributed by atoms with Crippen LogP contribution in [0.2, 0.25) is 0 Å². The van der Waals surface area contributed by atoms with Crippen LogP contribution in [0.5, 0.6) is 0 Å². The molecule has 2 aromatic rings. The van der Waals surface area contributed by atoms with Crippen LogP contribution in [0, 0.1) is 0 Å². The maximum absolute atomic E-state index is 6.17. The van der Waals surface area contributed by atoms with Crippen LogP contribution in [0.25, 0.3) is 0 Å². The Labute approximate surface area is 122 Å². The van der Waals surface area contributed by atoms with Crippen LogP contribution in [-0.2, 0) is 12.8 Å². The second-order valence-corrected chi connectivity index (χ2v) is 7.47. The average molecular weight is 375 g/mol. The summed E-state index contributed by atoms with van der Waals surface area (Å²) in [6.07, 6.45) is 1.84. The lowest BCUT2D eigenvalue weighted by atomic mass is 10.0. The minimum absolute atomic E-state index is 0.176. The Bertz CT molecular complexity index is 496. The first-order valence-corrected chi connectivity index (χ1v) is 7.78. The highest BCUT2D eigenvalue weighted by atomic mass is 79.9. The van der Waals surface area contributed by atoms with E-state index in [-0.39, 0.29) is 6.04 Å². The van der Waals surface area contributed by atoms with Gasteiger partial charge in [-0.05, 0) is 58.6 Å². The Morgan fingerprint density at radius 2 is 1.94 bits per heavy atom.